The van der Waals surface area contributed by atoms with Gasteiger partial charge in [-0.2, -0.15) is 5.11 Å². The molecule has 0 atom stereocenters. The number of phenolic OH excluding ortho intramolecular Hbond substituents is 1. The maximum Gasteiger partial charge on any atom is 0.336 e. The summed E-state index contributed by atoms with van der Waals surface area (Å²) in [6.07, 6.45) is 0. The summed E-state index contributed by atoms with van der Waals surface area (Å²) in [4.78, 5) is 22.8. The van der Waals surface area contributed by atoms with E-state index in [4.69, 9.17) is 5.11 Å². The van der Waals surface area contributed by atoms with E-state index in [0.29, 0.717) is 11.1 Å². The number of aromatic carboxylic acids is 2. The lowest BCUT2D eigenvalue weighted by molar-refractivity contribution is 0.0696. The topological polar surface area (TPSA) is 120 Å². The van der Waals surface area contributed by atoms with Gasteiger partial charge in [0.2, 0.25) is 0 Å². The van der Waals surface area contributed by atoms with Crippen molar-refractivity contribution >= 4 is 34.1 Å². The molecule has 7 heteroatoms. The SMILES string of the molecule is O=C(O)c1cc(C(=O)O)c2c(N=Nc3ccccc3)c(O)ccc2c1. The van der Waals surface area contributed by atoms with Crippen LogP contribution in [0.5, 0.6) is 5.75 Å². The van der Waals surface area contributed by atoms with Crippen LogP contribution in [0.2, 0.25) is 0 Å². The summed E-state index contributed by atoms with van der Waals surface area (Å²) in [5.74, 6) is -2.82. The predicted octanol–water partition coefficient (Wildman–Crippen LogP) is 4.36. The van der Waals surface area contributed by atoms with E-state index in [-0.39, 0.29) is 28.0 Å². The van der Waals surface area contributed by atoms with Gasteiger partial charge in [0.25, 0.3) is 0 Å². The molecule has 3 rings (SSSR count). The van der Waals surface area contributed by atoms with Crippen molar-refractivity contribution in [2.75, 3.05) is 0 Å². The summed E-state index contributed by atoms with van der Waals surface area (Å²) in [5.41, 5.74) is 0.0583. The second-order valence-corrected chi connectivity index (χ2v) is 5.20. The highest BCUT2D eigenvalue weighted by molar-refractivity contribution is 6.12. The molecule has 25 heavy (non-hydrogen) atoms. The van der Waals surface area contributed by atoms with Gasteiger partial charge < -0.3 is 15.3 Å². The molecule has 124 valence electrons. The van der Waals surface area contributed by atoms with Crippen molar-refractivity contribution in [3.05, 3.63) is 65.7 Å². The van der Waals surface area contributed by atoms with E-state index in [9.17, 15) is 19.8 Å². The third-order valence-corrected chi connectivity index (χ3v) is 3.57. The first-order valence-corrected chi connectivity index (χ1v) is 7.20. The zero-order valence-electron chi connectivity index (χ0n) is 12.7. The monoisotopic (exact) mass is 336 g/mol. The summed E-state index contributed by atoms with van der Waals surface area (Å²) in [5, 5.41) is 37.1. The molecule has 0 unspecified atom stereocenters. The van der Waals surface area contributed by atoms with Crippen molar-refractivity contribution in [2.24, 2.45) is 10.2 Å². The number of azo groups is 1. The Morgan fingerprint density at radius 3 is 2.20 bits per heavy atom. The largest absolute Gasteiger partial charge is 0.506 e. The van der Waals surface area contributed by atoms with Gasteiger partial charge in [0.15, 0.2) is 0 Å². The first-order chi connectivity index (χ1) is 12.0. The summed E-state index contributed by atoms with van der Waals surface area (Å²) in [7, 11) is 0. The van der Waals surface area contributed by atoms with Gasteiger partial charge in [-0.1, -0.05) is 24.3 Å². The standard InChI is InChI=1S/C18H12N2O5/c21-14-7-6-10-8-11(17(22)23)9-13(18(24)25)15(10)16(14)20-19-12-4-2-1-3-5-12/h1-9,21H,(H,22,23)(H,24,25). The van der Waals surface area contributed by atoms with Gasteiger partial charge in [0.1, 0.15) is 11.4 Å². The summed E-state index contributed by atoms with van der Waals surface area (Å²) in [6.45, 7) is 0. The molecule has 7 nitrogen and oxygen atoms in total. The Bertz CT molecular complexity index is 1010. The van der Waals surface area contributed by atoms with Crippen molar-refractivity contribution in [1.82, 2.24) is 0 Å². The average molecular weight is 336 g/mol. The number of phenols is 1. The molecule has 3 aromatic carbocycles. The van der Waals surface area contributed by atoms with Crippen LogP contribution < -0.4 is 0 Å². The van der Waals surface area contributed by atoms with Crippen molar-refractivity contribution < 1.29 is 24.9 Å². The number of carboxylic acids is 2. The van der Waals surface area contributed by atoms with Crippen LogP contribution in [0.3, 0.4) is 0 Å². The number of carboxylic acid groups (broad SMARTS) is 2. The lowest BCUT2D eigenvalue weighted by Crippen LogP contribution is -2.03. The zero-order chi connectivity index (χ0) is 18.0. The molecule has 0 bridgehead atoms. The number of carbonyl (C=O) groups is 2. The Morgan fingerprint density at radius 1 is 0.840 bits per heavy atom. The molecule has 0 aliphatic carbocycles. The van der Waals surface area contributed by atoms with E-state index in [0.717, 1.165) is 6.07 Å². The zero-order valence-corrected chi connectivity index (χ0v) is 12.7. The Kier molecular flexibility index (Phi) is 4.13. The number of fused-ring (bicyclic) bond motifs is 1. The lowest BCUT2D eigenvalue weighted by Gasteiger charge is -2.09. The Morgan fingerprint density at radius 2 is 1.56 bits per heavy atom. The van der Waals surface area contributed by atoms with E-state index in [1.807, 2.05) is 6.07 Å². The molecule has 0 aromatic heterocycles. The van der Waals surface area contributed by atoms with Crippen LogP contribution in [0.25, 0.3) is 10.8 Å². The maximum absolute atomic E-state index is 11.6. The Labute approximate surface area is 141 Å². The maximum atomic E-state index is 11.6. The third kappa shape index (κ3) is 3.16. The summed E-state index contributed by atoms with van der Waals surface area (Å²) < 4.78 is 0. The molecule has 0 radical (unpaired) electrons. The van der Waals surface area contributed by atoms with Gasteiger partial charge in [-0.15, -0.1) is 5.11 Å². The van der Waals surface area contributed by atoms with E-state index < -0.39 is 11.9 Å². The quantitative estimate of drug-likeness (QED) is 0.612. The molecule has 0 fully saturated rings. The van der Waals surface area contributed by atoms with Gasteiger partial charge in [-0.05, 0) is 35.7 Å². The molecule has 0 saturated heterocycles. The molecule has 0 amide bonds. The molecule has 0 spiro atoms. The number of rotatable bonds is 4. The molecular weight excluding hydrogens is 324 g/mol. The predicted molar refractivity (Wildman–Crippen MR) is 90.1 cm³/mol. The fourth-order valence-electron chi connectivity index (χ4n) is 2.43. The fraction of sp³-hybridized carbons (Fsp3) is 0. The van der Waals surface area contributed by atoms with Gasteiger partial charge in [0, 0.05) is 5.39 Å². The number of aromatic hydroxyl groups is 1. The normalized spacial score (nSPS) is 11.0. The van der Waals surface area contributed by atoms with Crippen molar-refractivity contribution in [2.45, 2.75) is 0 Å². The van der Waals surface area contributed by atoms with Crippen LogP contribution in [0.4, 0.5) is 11.4 Å². The van der Waals surface area contributed by atoms with Crippen LogP contribution in [-0.2, 0) is 0 Å². The minimum Gasteiger partial charge on any atom is -0.506 e. The van der Waals surface area contributed by atoms with Crippen LogP contribution in [0, 0.1) is 0 Å². The number of benzene rings is 3. The van der Waals surface area contributed by atoms with E-state index >= 15 is 0 Å². The Balaban J connectivity index is 2.27. The van der Waals surface area contributed by atoms with Crippen molar-refractivity contribution in [1.29, 1.82) is 0 Å². The van der Waals surface area contributed by atoms with Gasteiger partial charge in [-0.25, -0.2) is 9.59 Å². The molecule has 0 aliphatic heterocycles. The van der Waals surface area contributed by atoms with Gasteiger partial charge in [0.05, 0.1) is 16.8 Å². The third-order valence-electron chi connectivity index (χ3n) is 3.57. The second kappa shape index (κ2) is 6.40. The van der Waals surface area contributed by atoms with Crippen LogP contribution >= 0.6 is 0 Å². The molecule has 3 aromatic rings. The Hall–Kier alpha value is -3.74. The molecule has 0 aliphatic rings. The fourth-order valence-corrected chi connectivity index (χ4v) is 2.43. The van der Waals surface area contributed by atoms with Crippen molar-refractivity contribution in [3.8, 4) is 5.75 Å². The highest BCUT2D eigenvalue weighted by atomic mass is 16.4. The van der Waals surface area contributed by atoms with E-state index in [2.05, 4.69) is 10.2 Å². The smallest absolute Gasteiger partial charge is 0.336 e. The number of hydrogen-bond donors (Lipinski definition) is 3. The molecule has 3 N–H and O–H groups in total. The first-order valence-electron chi connectivity index (χ1n) is 7.20. The molecule has 0 heterocycles. The van der Waals surface area contributed by atoms with E-state index in [1.165, 1.54) is 18.2 Å². The number of hydrogen-bond acceptors (Lipinski definition) is 5. The lowest BCUT2D eigenvalue weighted by atomic mass is 9.99. The molecule has 0 saturated carbocycles. The van der Waals surface area contributed by atoms with Crippen LogP contribution in [0.15, 0.2) is 64.8 Å². The highest BCUT2D eigenvalue weighted by Crippen LogP contribution is 2.38. The second-order valence-electron chi connectivity index (χ2n) is 5.20. The van der Waals surface area contributed by atoms with Crippen LogP contribution in [-0.4, -0.2) is 27.3 Å². The minimum atomic E-state index is -1.32. The average Bonchev–Trinajstić information content (AvgIpc) is 2.60. The summed E-state index contributed by atoms with van der Waals surface area (Å²) >= 11 is 0. The van der Waals surface area contributed by atoms with Gasteiger partial charge in [-0.3, -0.25) is 0 Å². The highest BCUT2D eigenvalue weighted by Gasteiger charge is 2.19. The van der Waals surface area contributed by atoms with Crippen molar-refractivity contribution in [3.63, 3.8) is 0 Å². The minimum absolute atomic E-state index is 0.0318. The first kappa shape index (κ1) is 16.1. The van der Waals surface area contributed by atoms with E-state index in [1.54, 1.807) is 24.3 Å². The molecular formula is C18H12N2O5. The van der Waals surface area contributed by atoms with Gasteiger partial charge >= 0.3 is 11.9 Å². The summed E-state index contributed by atoms with van der Waals surface area (Å²) in [6, 6.07) is 13.9. The number of nitrogens with zero attached hydrogens (tertiary/aromatic N) is 2. The van der Waals surface area contributed by atoms with Crippen LogP contribution in [0.1, 0.15) is 20.7 Å².